The van der Waals surface area contributed by atoms with Crippen molar-refractivity contribution in [3.05, 3.63) is 34.9 Å². The zero-order chi connectivity index (χ0) is 14.5. The van der Waals surface area contributed by atoms with Crippen molar-refractivity contribution in [1.29, 1.82) is 0 Å². The Morgan fingerprint density at radius 1 is 1.26 bits per heavy atom. The minimum atomic E-state index is 0.119. The van der Waals surface area contributed by atoms with E-state index in [0.29, 0.717) is 6.42 Å². The Balaban J connectivity index is 2.53. The summed E-state index contributed by atoms with van der Waals surface area (Å²) in [6.07, 6.45) is 1.61. The van der Waals surface area contributed by atoms with E-state index in [-0.39, 0.29) is 11.2 Å². The minimum Gasteiger partial charge on any atom is -0.316 e. The lowest BCUT2D eigenvalue weighted by Gasteiger charge is -2.28. The van der Waals surface area contributed by atoms with Crippen LogP contribution in [-0.4, -0.2) is 18.9 Å². The minimum absolute atomic E-state index is 0.119. The number of nitrogens with one attached hydrogen (secondary N) is 1. The Bertz CT molecular complexity index is 435. The molecule has 1 aromatic rings. The van der Waals surface area contributed by atoms with Crippen LogP contribution in [-0.2, 0) is 10.2 Å². The number of aryl methyl sites for hydroxylation is 2. The number of ketones is 1. The summed E-state index contributed by atoms with van der Waals surface area (Å²) in [6.45, 7) is 12.3. The van der Waals surface area contributed by atoms with Crippen molar-refractivity contribution in [3.8, 4) is 0 Å². The van der Waals surface area contributed by atoms with Crippen molar-refractivity contribution in [2.24, 2.45) is 0 Å². The average Bonchev–Trinajstić information content (AvgIpc) is 2.27. The molecule has 0 saturated heterocycles. The van der Waals surface area contributed by atoms with E-state index in [9.17, 15) is 4.79 Å². The predicted octanol–water partition coefficient (Wildman–Crippen LogP) is 3.54. The molecule has 0 amide bonds. The second-order valence-electron chi connectivity index (χ2n) is 6.18. The van der Waals surface area contributed by atoms with Gasteiger partial charge < -0.3 is 10.1 Å². The summed E-state index contributed by atoms with van der Waals surface area (Å²) in [7, 11) is 0. The highest BCUT2D eigenvalue weighted by Gasteiger charge is 2.21. The van der Waals surface area contributed by atoms with Gasteiger partial charge in [-0.3, -0.25) is 0 Å². The first-order valence-electron chi connectivity index (χ1n) is 7.11. The molecule has 1 aromatic carbocycles. The fourth-order valence-corrected chi connectivity index (χ4v) is 2.53. The first kappa shape index (κ1) is 15.9. The molecule has 1 rings (SSSR count). The second kappa shape index (κ2) is 6.85. The number of rotatable bonds is 7. The van der Waals surface area contributed by atoms with Gasteiger partial charge in [-0.05, 0) is 44.9 Å². The predicted molar refractivity (Wildman–Crippen MR) is 81.7 cm³/mol. The molecule has 0 aliphatic heterocycles. The summed E-state index contributed by atoms with van der Waals surface area (Å²) in [5, 5.41) is 3.47. The highest BCUT2D eigenvalue weighted by atomic mass is 16.1. The van der Waals surface area contributed by atoms with Crippen LogP contribution in [0.2, 0.25) is 0 Å². The molecular formula is C17H27NO. The van der Waals surface area contributed by atoms with Gasteiger partial charge in [0.1, 0.15) is 5.78 Å². The van der Waals surface area contributed by atoms with Crippen LogP contribution in [0.3, 0.4) is 0 Å². The smallest absolute Gasteiger partial charge is 0.129 e. The Morgan fingerprint density at radius 3 is 2.53 bits per heavy atom. The van der Waals surface area contributed by atoms with Crippen LogP contribution in [0.5, 0.6) is 0 Å². The highest BCUT2D eigenvalue weighted by Crippen LogP contribution is 2.26. The maximum absolute atomic E-state index is 10.9. The van der Waals surface area contributed by atoms with Gasteiger partial charge in [-0.15, -0.1) is 0 Å². The zero-order valence-corrected chi connectivity index (χ0v) is 13.0. The Hall–Kier alpha value is -1.15. The molecule has 0 heterocycles. The fraction of sp³-hybridized carbons (Fsp3) is 0.588. The Morgan fingerprint density at radius 2 is 1.95 bits per heavy atom. The van der Waals surface area contributed by atoms with Gasteiger partial charge in [-0.25, -0.2) is 0 Å². The van der Waals surface area contributed by atoms with Crippen molar-refractivity contribution in [2.75, 3.05) is 13.1 Å². The highest BCUT2D eigenvalue weighted by molar-refractivity contribution is 5.75. The van der Waals surface area contributed by atoms with Gasteiger partial charge in [-0.1, -0.05) is 37.6 Å². The van der Waals surface area contributed by atoms with Crippen molar-refractivity contribution in [3.63, 3.8) is 0 Å². The van der Waals surface area contributed by atoms with Crippen LogP contribution < -0.4 is 5.32 Å². The van der Waals surface area contributed by atoms with Gasteiger partial charge in [0, 0.05) is 18.4 Å². The van der Waals surface area contributed by atoms with E-state index in [1.165, 1.54) is 16.7 Å². The molecule has 1 N–H and O–H groups in total. The number of hydrogen-bond donors (Lipinski definition) is 1. The zero-order valence-electron chi connectivity index (χ0n) is 13.0. The maximum Gasteiger partial charge on any atom is 0.129 e. The van der Waals surface area contributed by atoms with Crippen LogP contribution in [0.25, 0.3) is 0 Å². The third-order valence-corrected chi connectivity index (χ3v) is 3.56. The van der Waals surface area contributed by atoms with E-state index in [1.54, 1.807) is 6.92 Å². The largest absolute Gasteiger partial charge is 0.316 e. The molecule has 19 heavy (non-hydrogen) atoms. The molecule has 0 aliphatic rings. The van der Waals surface area contributed by atoms with Gasteiger partial charge in [0.2, 0.25) is 0 Å². The number of benzene rings is 1. The van der Waals surface area contributed by atoms with Gasteiger partial charge in [0.05, 0.1) is 0 Å². The molecule has 0 bridgehead atoms. The van der Waals surface area contributed by atoms with Crippen LogP contribution >= 0.6 is 0 Å². The molecule has 0 aliphatic carbocycles. The van der Waals surface area contributed by atoms with Gasteiger partial charge >= 0.3 is 0 Å². The maximum atomic E-state index is 10.9. The Kier molecular flexibility index (Phi) is 5.74. The lowest BCUT2D eigenvalue weighted by molar-refractivity contribution is -0.117. The molecule has 2 nitrogen and oxygen atoms in total. The molecule has 0 unspecified atom stereocenters. The van der Waals surface area contributed by atoms with E-state index >= 15 is 0 Å². The monoisotopic (exact) mass is 261 g/mol. The first-order valence-corrected chi connectivity index (χ1v) is 7.11. The van der Waals surface area contributed by atoms with E-state index in [0.717, 1.165) is 19.5 Å². The molecule has 0 fully saturated rings. The van der Waals surface area contributed by atoms with Crippen LogP contribution in [0.4, 0.5) is 0 Å². The molecular weight excluding hydrogens is 234 g/mol. The summed E-state index contributed by atoms with van der Waals surface area (Å²) in [5.74, 6) is 0.274. The number of carbonyl (C=O) groups is 1. The number of Topliss-reactive ketones (excluding diaryl/α,β-unsaturated/α-hetero) is 1. The number of hydrogen-bond acceptors (Lipinski definition) is 2. The average molecular weight is 261 g/mol. The molecule has 0 saturated carbocycles. The summed E-state index contributed by atoms with van der Waals surface area (Å²) < 4.78 is 0. The Labute approximate surface area is 117 Å². The lowest BCUT2D eigenvalue weighted by atomic mass is 9.81. The molecule has 0 aromatic heterocycles. The van der Waals surface area contributed by atoms with E-state index in [4.69, 9.17) is 0 Å². The summed E-state index contributed by atoms with van der Waals surface area (Å²) in [5.41, 5.74) is 4.19. The van der Waals surface area contributed by atoms with E-state index in [2.05, 4.69) is 51.2 Å². The van der Waals surface area contributed by atoms with Crippen LogP contribution in [0.15, 0.2) is 18.2 Å². The third kappa shape index (κ3) is 5.15. The summed E-state index contributed by atoms with van der Waals surface area (Å²) >= 11 is 0. The normalized spacial score (nSPS) is 11.6. The van der Waals surface area contributed by atoms with Crippen LogP contribution in [0.1, 0.15) is 50.3 Å². The van der Waals surface area contributed by atoms with Gasteiger partial charge in [0.25, 0.3) is 0 Å². The standard InChI is InChI=1S/C17H27NO/c1-13-8-9-16(14(2)11-13)17(4,5)12-18-10-6-7-15(3)19/h8-9,11,18H,6-7,10,12H2,1-5H3. The fourth-order valence-electron chi connectivity index (χ4n) is 2.53. The van der Waals surface area contributed by atoms with Gasteiger partial charge in [-0.2, -0.15) is 0 Å². The second-order valence-corrected chi connectivity index (χ2v) is 6.18. The molecule has 0 spiro atoms. The van der Waals surface area contributed by atoms with Gasteiger partial charge in [0.15, 0.2) is 0 Å². The lowest BCUT2D eigenvalue weighted by Crippen LogP contribution is -2.34. The quantitative estimate of drug-likeness (QED) is 0.761. The molecule has 2 heteroatoms. The molecule has 106 valence electrons. The SMILES string of the molecule is CC(=O)CCCNCC(C)(C)c1ccc(C)cc1C. The third-order valence-electron chi connectivity index (χ3n) is 3.56. The van der Waals surface area contributed by atoms with Crippen LogP contribution in [0, 0.1) is 13.8 Å². The topological polar surface area (TPSA) is 29.1 Å². The molecule has 0 atom stereocenters. The molecule has 0 radical (unpaired) electrons. The van der Waals surface area contributed by atoms with E-state index in [1.807, 2.05) is 0 Å². The van der Waals surface area contributed by atoms with Crippen molar-refractivity contribution in [2.45, 2.75) is 52.9 Å². The van der Waals surface area contributed by atoms with Crippen molar-refractivity contribution >= 4 is 5.78 Å². The first-order chi connectivity index (χ1) is 8.83. The van der Waals surface area contributed by atoms with Crippen molar-refractivity contribution in [1.82, 2.24) is 5.32 Å². The van der Waals surface area contributed by atoms with E-state index < -0.39 is 0 Å². The summed E-state index contributed by atoms with van der Waals surface area (Å²) in [6, 6.07) is 6.66. The van der Waals surface area contributed by atoms with Crippen molar-refractivity contribution < 1.29 is 4.79 Å². The number of carbonyl (C=O) groups excluding carboxylic acids is 1. The summed E-state index contributed by atoms with van der Waals surface area (Å²) in [4.78, 5) is 10.9.